The van der Waals surface area contributed by atoms with E-state index in [0.29, 0.717) is 0 Å². The Kier molecular flexibility index (Phi) is 3.98. The minimum Gasteiger partial charge on any atom is -0.356 e. The van der Waals surface area contributed by atoms with Gasteiger partial charge in [-0.05, 0) is 6.07 Å². The van der Waals surface area contributed by atoms with E-state index in [-0.39, 0.29) is 18.0 Å². The van der Waals surface area contributed by atoms with Crippen molar-refractivity contribution in [3.63, 3.8) is 0 Å². The highest BCUT2D eigenvalue weighted by molar-refractivity contribution is 5.85. The summed E-state index contributed by atoms with van der Waals surface area (Å²) in [5.74, 6) is 0.925. The van der Waals surface area contributed by atoms with E-state index in [1.165, 1.54) is 6.07 Å². The van der Waals surface area contributed by atoms with Crippen LogP contribution in [-0.2, 0) is 0 Å². The largest absolute Gasteiger partial charge is 0.356 e. The summed E-state index contributed by atoms with van der Waals surface area (Å²) < 4.78 is 0. The van der Waals surface area contributed by atoms with E-state index in [1.54, 1.807) is 6.07 Å². The van der Waals surface area contributed by atoms with Gasteiger partial charge in [0, 0.05) is 32.2 Å². The molecule has 1 aliphatic heterocycles. The summed E-state index contributed by atoms with van der Waals surface area (Å²) in [7, 11) is 0. The number of nitrogens with zero attached hydrogens (tertiary/aromatic N) is 1. The summed E-state index contributed by atoms with van der Waals surface area (Å²) in [6.45, 7) is 3.88. The van der Waals surface area contributed by atoms with Crippen molar-refractivity contribution in [3.8, 4) is 0 Å². The highest BCUT2D eigenvalue weighted by atomic mass is 35.5. The quantitative estimate of drug-likeness (QED) is 0.704. The Morgan fingerprint density at radius 1 is 1.21 bits per heavy atom. The molecule has 2 rings (SSSR count). The first-order valence-electron chi connectivity index (χ1n) is 4.51. The number of anilines is 1. The van der Waals surface area contributed by atoms with Crippen LogP contribution in [0.1, 0.15) is 0 Å². The van der Waals surface area contributed by atoms with Gasteiger partial charge in [-0.15, -0.1) is 12.4 Å². The molecule has 5 heteroatoms. The molecule has 1 saturated heterocycles. The summed E-state index contributed by atoms with van der Waals surface area (Å²) in [4.78, 5) is 16.0. The van der Waals surface area contributed by atoms with Gasteiger partial charge in [0.1, 0.15) is 5.82 Å². The maximum Gasteiger partial charge on any atom is 0.249 e. The predicted octanol–water partition coefficient (Wildman–Crippen LogP) is 0.206. The lowest BCUT2D eigenvalue weighted by Gasteiger charge is -2.28. The van der Waals surface area contributed by atoms with E-state index < -0.39 is 0 Å². The van der Waals surface area contributed by atoms with Crippen molar-refractivity contribution in [2.24, 2.45) is 0 Å². The van der Waals surface area contributed by atoms with Gasteiger partial charge in [0.2, 0.25) is 5.56 Å². The Morgan fingerprint density at radius 3 is 2.57 bits per heavy atom. The third-order valence-corrected chi connectivity index (χ3v) is 2.21. The Hall–Kier alpha value is -1.00. The molecule has 1 fully saturated rings. The highest BCUT2D eigenvalue weighted by Crippen LogP contribution is 2.07. The molecule has 1 aliphatic rings. The monoisotopic (exact) mass is 215 g/mol. The van der Waals surface area contributed by atoms with E-state index in [1.807, 2.05) is 6.07 Å². The van der Waals surface area contributed by atoms with E-state index in [9.17, 15) is 4.79 Å². The smallest absolute Gasteiger partial charge is 0.249 e. The molecule has 0 amide bonds. The van der Waals surface area contributed by atoms with Crippen LogP contribution in [0.5, 0.6) is 0 Å². The van der Waals surface area contributed by atoms with E-state index in [0.717, 1.165) is 32.0 Å². The number of hydrogen-bond acceptors (Lipinski definition) is 3. The molecule has 14 heavy (non-hydrogen) atoms. The minimum absolute atomic E-state index is 0. The number of pyridine rings is 1. The third-order valence-electron chi connectivity index (χ3n) is 2.21. The Morgan fingerprint density at radius 2 is 1.93 bits per heavy atom. The van der Waals surface area contributed by atoms with Crippen molar-refractivity contribution in [1.82, 2.24) is 10.3 Å². The number of rotatable bonds is 1. The SMILES string of the molecule is Cl.O=c1cccc(N2CCNCC2)[nH]1. The second-order valence-corrected chi connectivity index (χ2v) is 3.14. The Labute approximate surface area is 88.7 Å². The summed E-state index contributed by atoms with van der Waals surface area (Å²) >= 11 is 0. The molecular formula is C9H14ClN3O. The zero-order chi connectivity index (χ0) is 9.10. The fourth-order valence-electron chi connectivity index (χ4n) is 1.53. The summed E-state index contributed by atoms with van der Waals surface area (Å²) in [6.07, 6.45) is 0. The number of H-pyrrole nitrogens is 1. The van der Waals surface area contributed by atoms with Crippen LogP contribution in [0.4, 0.5) is 5.82 Å². The molecule has 0 aromatic carbocycles. The first-order valence-corrected chi connectivity index (χ1v) is 4.51. The van der Waals surface area contributed by atoms with Crippen LogP contribution in [0.3, 0.4) is 0 Å². The van der Waals surface area contributed by atoms with Crippen LogP contribution < -0.4 is 15.8 Å². The normalized spacial score (nSPS) is 16.1. The van der Waals surface area contributed by atoms with Crippen LogP contribution >= 0.6 is 12.4 Å². The molecule has 1 aromatic rings. The summed E-state index contributed by atoms with van der Waals surface area (Å²) in [5, 5.41) is 3.27. The Balaban J connectivity index is 0.000000980. The van der Waals surface area contributed by atoms with Gasteiger partial charge in [-0.1, -0.05) is 6.07 Å². The number of halogens is 1. The average molecular weight is 216 g/mol. The zero-order valence-electron chi connectivity index (χ0n) is 7.82. The van der Waals surface area contributed by atoms with Crippen molar-refractivity contribution in [1.29, 1.82) is 0 Å². The lowest BCUT2D eigenvalue weighted by molar-refractivity contribution is 0.584. The number of hydrogen-bond donors (Lipinski definition) is 2. The predicted molar refractivity (Wildman–Crippen MR) is 59.4 cm³/mol. The lowest BCUT2D eigenvalue weighted by Crippen LogP contribution is -2.44. The van der Waals surface area contributed by atoms with Crippen LogP contribution in [0.15, 0.2) is 23.0 Å². The number of aromatic nitrogens is 1. The maximum atomic E-state index is 11.0. The molecule has 0 bridgehead atoms. The van der Waals surface area contributed by atoms with Crippen LogP contribution in [0, 0.1) is 0 Å². The average Bonchev–Trinajstić information content (AvgIpc) is 2.19. The van der Waals surface area contributed by atoms with Crippen LogP contribution in [0.2, 0.25) is 0 Å². The van der Waals surface area contributed by atoms with Gasteiger partial charge in [0.15, 0.2) is 0 Å². The number of nitrogens with one attached hydrogen (secondary N) is 2. The van der Waals surface area contributed by atoms with Gasteiger partial charge in [0.25, 0.3) is 0 Å². The molecule has 4 nitrogen and oxygen atoms in total. The van der Waals surface area contributed by atoms with Crippen molar-refractivity contribution < 1.29 is 0 Å². The molecule has 0 unspecified atom stereocenters. The molecule has 0 radical (unpaired) electrons. The van der Waals surface area contributed by atoms with Gasteiger partial charge < -0.3 is 15.2 Å². The molecule has 78 valence electrons. The van der Waals surface area contributed by atoms with Gasteiger partial charge >= 0.3 is 0 Å². The topological polar surface area (TPSA) is 48.1 Å². The van der Waals surface area contributed by atoms with Crippen molar-refractivity contribution in [3.05, 3.63) is 28.6 Å². The van der Waals surface area contributed by atoms with Gasteiger partial charge in [-0.3, -0.25) is 4.79 Å². The maximum absolute atomic E-state index is 11.0. The third kappa shape index (κ3) is 2.49. The first-order chi connectivity index (χ1) is 6.36. The zero-order valence-corrected chi connectivity index (χ0v) is 8.64. The molecule has 2 N–H and O–H groups in total. The second kappa shape index (κ2) is 5.02. The Bertz CT molecular complexity index is 333. The lowest BCUT2D eigenvalue weighted by atomic mass is 10.3. The summed E-state index contributed by atoms with van der Waals surface area (Å²) in [6, 6.07) is 5.26. The van der Waals surface area contributed by atoms with E-state index in [4.69, 9.17) is 0 Å². The minimum atomic E-state index is -0.0315. The van der Waals surface area contributed by atoms with Gasteiger partial charge in [-0.25, -0.2) is 0 Å². The molecule has 0 spiro atoms. The molecule has 0 aliphatic carbocycles. The van der Waals surface area contributed by atoms with Crippen LogP contribution in [-0.4, -0.2) is 31.2 Å². The standard InChI is InChI=1S/C9H13N3O.ClH/c13-9-3-1-2-8(11-9)12-6-4-10-5-7-12;/h1-3,10H,4-7H2,(H,11,13);1H. The first kappa shape index (κ1) is 11.1. The molecule has 1 aromatic heterocycles. The molecule has 0 atom stereocenters. The van der Waals surface area contributed by atoms with E-state index >= 15 is 0 Å². The molecule has 2 heterocycles. The van der Waals surface area contributed by atoms with Gasteiger partial charge in [0.05, 0.1) is 0 Å². The number of piperazine rings is 1. The van der Waals surface area contributed by atoms with Crippen molar-refractivity contribution in [2.75, 3.05) is 31.1 Å². The molecular weight excluding hydrogens is 202 g/mol. The van der Waals surface area contributed by atoms with Crippen molar-refractivity contribution >= 4 is 18.2 Å². The van der Waals surface area contributed by atoms with Crippen molar-refractivity contribution in [2.45, 2.75) is 0 Å². The highest BCUT2D eigenvalue weighted by Gasteiger charge is 2.09. The summed E-state index contributed by atoms with van der Waals surface area (Å²) in [5.41, 5.74) is -0.0315. The fraction of sp³-hybridized carbons (Fsp3) is 0.444. The number of aromatic amines is 1. The van der Waals surface area contributed by atoms with Gasteiger partial charge in [-0.2, -0.15) is 0 Å². The van der Waals surface area contributed by atoms with Crippen LogP contribution in [0.25, 0.3) is 0 Å². The second-order valence-electron chi connectivity index (χ2n) is 3.14. The molecule has 0 saturated carbocycles. The fourth-order valence-corrected chi connectivity index (χ4v) is 1.53. The van der Waals surface area contributed by atoms with E-state index in [2.05, 4.69) is 15.2 Å².